The second-order valence-electron chi connectivity index (χ2n) is 13.7. The molecule has 0 amide bonds. The van der Waals surface area contributed by atoms with E-state index in [1.165, 1.54) is 43.4 Å². The predicted octanol–water partition coefficient (Wildman–Crippen LogP) is 14.1. The van der Waals surface area contributed by atoms with Crippen molar-refractivity contribution in [3.8, 4) is 16.8 Å². The predicted molar refractivity (Wildman–Crippen MR) is 223 cm³/mol. The maximum atomic E-state index is 7.02. The van der Waals surface area contributed by atoms with Gasteiger partial charge in [-0.2, -0.15) is 0 Å². The smallest absolute Gasteiger partial charge is 0.145 e. The summed E-state index contributed by atoms with van der Waals surface area (Å²) in [5.41, 5.74) is 10.7. The number of para-hydroxylation sites is 3. The highest BCUT2D eigenvalue weighted by Crippen LogP contribution is 2.48. The molecule has 2 aromatic heterocycles. The topological polar surface area (TPSA) is 21.3 Å². The Balaban J connectivity index is 1.22. The van der Waals surface area contributed by atoms with E-state index in [0.717, 1.165) is 55.8 Å². The van der Waals surface area contributed by atoms with Gasteiger partial charge < -0.3 is 13.9 Å². The zero-order valence-electron chi connectivity index (χ0n) is 28.8. The first-order valence-corrected chi connectivity index (χ1v) is 18.1. The molecule has 11 rings (SSSR count). The number of anilines is 3. The fourth-order valence-electron chi connectivity index (χ4n) is 8.35. The fourth-order valence-corrected chi connectivity index (χ4v) is 8.35. The molecule has 0 saturated carbocycles. The molecule has 9 aromatic carbocycles. The largest absolute Gasteiger partial charge is 0.455 e. The molecule has 0 spiro atoms. The third-order valence-corrected chi connectivity index (χ3v) is 10.7. The first-order valence-electron chi connectivity index (χ1n) is 18.1. The molecule has 0 aliphatic carbocycles. The van der Waals surface area contributed by atoms with Crippen LogP contribution in [0.1, 0.15) is 0 Å². The van der Waals surface area contributed by atoms with E-state index < -0.39 is 0 Å². The first-order chi connectivity index (χ1) is 26.3. The van der Waals surface area contributed by atoms with Gasteiger partial charge in [0.15, 0.2) is 0 Å². The summed E-state index contributed by atoms with van der Waals surface area (Å²) in [6, 6.07) is 69.6. The average Bonchev–Trinajstić information content (AvgIpc) is 3.78. The summed E-state index contributed by atoms with van der Waals surface area (Å²) < 4.78 is 9.38. The van der Waals surface area contributed by atoms with Crippen LogP contribution in [-0.4, -0.2) is 4.57 Å². The number of aromatic nitrogens is 1. The van der Waals surface area contributed by atoms with Crippen LogP contribution >= 0.6 is 0 Å². The lowest BCUT2D eigenvalue weighted by atomic mass is 9.96. The SMILES string of the molecule is c1ccc(N(c2ccc3ccccc3c2)c2ccc(-c3ccc4c(c3)c3ccccc3n4-c3ccccc3)c3oc4ccc5ccccc5c4c23)cc1. The number of rotatable bonds is 5. The third-order valence-electron chi connectivity index (χ3n) is 10.7. The quantitative estimate of drug-likeness (QED) is 0.181. The molecule has 0 unspecified atom stereocenters. The van der Waals surface area contributed by atoms with Crippen LogP contribution in [0.2, 0.25) is 0 Å². The van der Waals surface area contributed by atoms with Crippen molar-refractivity contribution in [3.05, 3.63) is 194 Å². The number of fused-ring (bicyclic) bond motifs is 9. The highest BCUT2D eigenvalue weighted by Gasteiger charge is 2.24. The van der Waals surface area contributed by atoms with Crippen LogP contribution in [0, 0.1) is 0 Å². The van der Waals surface area contributed by atoms with Gasteiger partial charge >= 0.3 is 0 Å². The lowest BCUT2D eigenvalue weighted by Gasteiger charge is -2.27. The Labute approximate surface area is 306 Å². The van der Waals surface area contributed by atoms with Gasteiger partial charge in [0, 0.05) is 38.8 Å². The van der Waals surface area contributed by atoms with E-state index in [1.54, 1.807) is 0 Å². The molecule has 0 N–H and O–H groups in total. The Kier molecular flexibility index (Phi) is 6.55. The van der Waals surface area contributed by atoms with Gasteiger partial charge in [0.1, 0.15) is 11.2 Å². The number of furan rings is 1. The highest BCUT2D eigenvalue weighted by molar-refractivity contribution is 6.25. The molecule has 0 saturated heterocycles. The van der Waals surface area contributed by atoms with Crippen LogP contribution in [0.5, 0.6) is 0 Å². The monoisotopic (exact) mass is 676 g/mol. The summed E-state index contributed by atoms with van der Waals surface area (Å²) in [7, 11) is 0. The van der Waals surface area contributed by atoms with E-state index in [-0.39, 0.29) is 0 Å². The van der Waals surface area contributed by atoms with Crippen LogP contribution in [-0.2, 0) is 0 Å². The lowest BCUT2D eigenvalue weighted by molar-refractivity contribution is 0.670. The van der Waals surface area contributed by atoms with E-state index in [1.807, 2.05) is 0 Å². The molecule has 0 bridgehead atoms. The van der Waals surface area contributed by atoms with Crippen LogP contribution in [0.25, 0.3) is 82.1 Å². The molecule has 11 aromatic rings. The van der Waals surface area contributed by atoms with Gasteiger partial charge in [-0.25, -0.2) is 0 Å². The van der Waals surface area contributed by atoms with E-state index in [4.69, 9.17) is 4.42 Å². The Morgan fingerprint density at radius 2 is 1.09 bits per heavy atom. The molecule has 53 heavy (non-hydrogen) atoms. The van der Waals surface area contributed by atoms with Gasteiger partial charge in [-0.15, -0.1) is 0 Å². The maximum Gasteiger partial charge on any atom is 0.145 e. The minimum atomic E-state index is 0.876. The van der Waals surface area contributed by atoms with Crippen LogP contribution < -0.4 is 4.90 Å². The molecule has 2 heterocycles. The van der Waals surface area contributed by atoms with Crippen molar-refractivity contribution in [3.63, 3.8) is 0 Å². The van der Waals surface area contributed by atoms with E-state index in [9.17, 15) is 0 Å². The van der Waals surface area contributed by atoms with E-state index in [0.29, 0.717) is 0 Å². The molecule has 3 heteroatoms. The van der Waals surface area contributed by atoms with Crippen molar-refractivity contribution < 1.29 is 4.42 Å². The van der Waals surface area contributed by atoms with Crippen molar-refractivity contribution in [1.29, 1.82) is 0 Å². The van der Waals surface area contributed by atoms with Gasteiger partial charge in [-0.3, -0.25) is 0 Å². The van der Waals surface area contributed by atoms with Crippen molar-refractivity contribution in [1.82, 2.24) is 4.57 Å². The molecule has 3 nitrogen and oxygen atoms in total. The summed E-state index contributed by atoms with van der Waals surface area (Å²) in [5.74, 6) is 0. The fraction of sp³-hybridized carbons (Fsp3) is 0. The van der Waals surface area contributed by atoms with Crippen LogP contribution in [0.4, 0.5) is 17.1 Å². The summed E-state index contributed by atoms with van der Waals surface area (Å²) in [5, 5.41) is 9.43. The zero-order valence-corrected chi connectivity index (χ0v) is 28.8. The molecule has 0 aliphatic rings. The summed E-state index contributed by atoms with van der Waals surface area (Å²) >= 11 is 0. The molecule has 248 valence electrons. The number of benzene rings is 9. The summed E-state index contributed by atoms with van der Waals surface area (Å²) in [6.45, 7) is 0. The van der Waals surface area contributed by atoms with Gasteiger partial charge in [-0.1, -0.05) is 121 Å². The normalized spacial score (nSPS) is 11.8. The molecule has 0 atom stereocenters. The van der Waals surface area contributed by atoms with Crippen molar-refractivity contribution >= 4 is 82.4 Å². The lowest BCUT2D eigenvalue weighted by Crippen LogP contribution is -2.10. The third kappa shape index (κ3) is 4.61. The van der Waals surface area contributed by atoms with Crippen molar-refractivity contribution in [2.24, 2.45) is 0 Å². The van der Waals surface area contributed by atoms with E-state index in [2.05, 4.69) is 204 Å². The molecule has 0 radical (unpaired) electrons. The van der Waals surface area contributed by atoms with Gasteiger partial charge in [0.05, 0.1) is 22.1 Å². The number of hydrogen-bond acceptors (Lipinski definition) is 2. The minimum Gasteiger partial charge on any atom is -0.455 e. The minimum absolute atomic E-state index is 0.876. The Hall–Kier alpha value is -7.10. The molecular formula is C50H32N2O. The van der Waals surface area contributed by atoms with Crippen molar-refractivity contribution in [2.45, 2.75) is 0 Å². The maximum absolute atomic E-state index is 7.02. The highest BCUT2D eigenvalue weighted by atomic mass is 16.3. The number of nitrogens with zero attached hydrogens (tertiary/aromatic N) is 2. The molecule has 0 fully saturated rings. The Morgan fingerprint density at radius 3 is 1.94 bits per heavy atom. The standard InChI is InChI=1S/C50H32N2O/c1-3-16-37(17-4-1)51(39-26-23-33-13-7-8-15-35(33)31-39)46-29-27-41(50-49(46)48-40-20-10-9-14-34(40)25-30-47(48)53-50)36-24-28-45-43(32-36)42-21-11-12-22-44(42)52(45)38-18-5-2-6-19-38/h1-32H. The van der Waals surface area contributed by atoms with Crippen molar-refractivity contribution in [2.75, 3.05) is 4.90 Å². The number of hydrogen-bond donors (Lipinski definition) is 0. The summed E-state index contributed by atoms with van der Waals surface area (Å²) in [4.78, 5) is 2.38. The zero-order chi connectivity index (χ0) is 34.9. The summed E-state index contributed by atoms with van der Waals surface area (Å²) in [6.07, 6.45) is 0. The second-order valence-corrected chi connectivity index (χ2v) is 13.7. The van der Waals surface area contributed by atoms with Crippen LogP contribution in [0.3, 0.4) is 0 Å². The van der Waals surface area contributed by atoms with Gasteiger partial charge in [0.2, 0.25) is 0 Å². The first kappa shape index (κ1) is 29.6. The second kappa shape index (κ2) is 11.7. The van der Waals surface area contributed by atoms with Gasteiger partial charge in [-0.05, 0) is 99.9 Å². The average molecular weight is 677 g/mol. The Bertz CT molecular complexity index is 3170. The van der Waals surface area contributed by atoms with Crippen LogP contribution in [0.15, 0.2) is 199 Å². The Morgan fingerprint density at radius 1 is 0.415 bits per heavy atom. The van der Waals surface area contributed by atoms with Gasteiger partial charge in [0.25, 0.3) is 0 Å². The van der Waals surface area contributed by atoms with E-state index >= 15 is 0 Å². The molecule has 0 aliphatic heterocycles. The molecular weight excluding hydrogens is 645 g/mol.